The Morgan fingerprint density at radius 2 is 1.77 bits per heavy atom. The van der Waals surface area contributed by atoms with Crippen molar-refractivity contribution in [1.29, 1.82) is 0 Å². The van der Waals surface area contributed by atoms with Gasteiger partial charge in [0.25, 0.3) is 5.91 Å². The minimum Gasteiger partial charge on any atom is -0.495 e. The molecule has 0 spiro atoms. The number of rotatable bonds is 5. The van der Waals surface area contributed by atoms with E-state index in [9.17, 15) is 26.4 Å². The lowest BCUT2D eigenvalue weighted by Gasteiger charge is -2.14. The molecule has 2 rings (SSSR count). The van der Waals surface area contributed by atoms with E-state index in [1.165, 1.54) is 38.4 Å². The molecule has 0 aliphatic rings. The predicted octanol–water partition coefficient (Wildman–Crippen LogP) is 2.87. The summed E-state index contributed by atoms with van der Waals surface area (Å²) < 4.78 is 70.1. The largest absolute Gasteiger partial charge is 0.495 e. The number of halogens is 3. The van der Waals surface area contributed by atoms with E-state index < -0.39 is 33.4 Å². The van der Waals surface area contributed by atoms with E-state index in [1.807, 2.05) is 0 Å². The number of amides is 1. The molecule has 1 amide bonds. The lowest BCUT2D eigenvalue weighted by Crippen LogP contribution is -2.21. The summed E-state index contributed by atoms with van der Waals surface area (Å²) in [5.41, 5.74) is -1.58. The highest BCUT2D eigenvalue weighted by atomic mass is 32.2. The third-order valence-electron chi connectivity index (χ3n) is 3.46. The summed E-state index contributed by atoms with van der Waals surface area (Å²) >= 11 is 0. The highest BCUT2D eigenvalue weighted by Crippen LogP contribution is 2.35. The quantitative estimate of drug-likeness (QED) is 0.825. The van der Waals surface area contributed by atoms with E-state index in [4.69, 9.17) is 4.74 Å². The monoisotopic (exact) mass is 388 g/mol. The maximum atomic E-state index is 13.0. The third-order valence-corrected chi connectivity index (χ3v) is 4.90. The van der Waals surface area contributed by atoms with Crippen LogP contribution in [0.1, 0.15) is 15.9 Å². The van der Waals surface area contributed by atoms with Crippen molar-refractivity contribution in [1.82, 2.24) is 4.72 Å². The molecule has 2 aromatic carbocycles. The van der Waals surface area contributed by atoms with Crippen molar-refractivity contribution >= 4 is 21.6 Å². The van der Waals surface area contributed by atoms with Gasteiger partial charge in [0, 0.05) is 5.56 Å². The van der Waals surface area contributed by atoms with Gasteiger partial charge in [0.05, 0.1) is 18.4 Å². The van der Waals surface area contributed by atoms with E-state index in [0.717, 1.165) is 18.2 Å². The van der Waals surface area contributed by atoms with Gasteiger partial charge in [-0.2, -0.15) is 13.2 Å². The van der Waals surface area contributed by atoms with Gasteiger partial charge in [-0.15, -0.1) is 0 Å². The first-order chi connectivity index (χ1) is 12.1. The van der Waals surface area contributed by atoms with Gasteiger partial charge in [-0.3, -0.25) is 4.79 Å². The van der Waals surface area contributed by atoms with Crippen LogP contribution in [0.5, 0.6) is 5.75 Å². The van der Waals surface area contributed by atoms with Crippen LogP contribution in [0.25, 0.3) is 0 Å². The van der Waals surface area contributed by atoms with Crippen LogP contribution in [-0.4, -0.2) is 28.5 Å². The summed E-state index contributed by atoms with van der Waals surface area (Å²) in [6, 6.07) is 8.00. The second-order valence-corrected chi connectivity index (χ2v) is 6.93. The SMILES string of the molecule is CNS(=O)(=O)c1cc(C(=O)Nc2ccccc2C(F)(F)F)ccc1OC. The molecule has 0 atom stereocenters. The summed E-state index contributed by atoms with van der Waals surface area (Å²) in [7, 11) is -1.50. The van der Waals surface area contributed by atoms with E-state index >= 15 is 0 Å². The zero-order valence-electron chi connectivity index (χ0n) is 13.7. The van der Waals surface area contributed by atoms with Gasteiger partial charge >= 0.3 is 6.18 Å². The van der Waals surface area contributed by atoms with Crippen LogP contribution in [-0.2, 0) is 16.2 Å². The Morgan fingerprint density at radius 3 is 2.35 bits per heavy atom. The molecular formula is C16H15F3N2O4S. The normalized spacial score (nSPS) is 11.9. The van der Waals surface area contributed by atoms with Crippen LogP contribution >= 0.6 is 0 Å². The van der Waals surface area contributed by atoms with Gasteiger partial charge in [0.1, 0.15) is 10.6 Å². The Morgan fingerprint density at radius 1 is 1.12 bits per heavy atom. The fourth-order valence-corrected chi connectivity index (χ4v) is 3.09. The van der Waals surface area contributed by atoms with Gasteiger partial charge in [0.15, 0.2) is 0 Å². The molecule has 0 unspecified atom stereocenters. The Balaban J connectivity index is 2.42. The molecule has 26 heavy (non-hydrogen) atoms. The van der Waals surface area contributed by atoms with Crippen LogP contribution in [0.4, 0.5) is 18.9 Å². The molecule has 0 radical (unpaired) electrons. The molecule has 2 N–H and O–H groups in total. The summed E-state index contributed by atoms with van der Waals surface area (Å²) in [5.74, 6) is -0.900. The summed E-state index contributed by atoms with van der Waals surface area (Å²) in [5, 5.41) is 2.15. The average molecular weight is 388 g/mol. The van der Waals surface area contributed by atoms with E-state index in [0.29, 0.717) is 0 Å². The number of carbonyl (C=O) groups excluding carboxylic acids is 1. The van der Waals surface area contributed by atoms with Crippen molar-refractivity contribution in [2.75, 3.05) is 19.5 Å². The summed E-state index contributed by atoms with van der Waals surface area (Å²) in [6.45, 7) is 0. The highest BCUT2D eigenvalue weighted by Gasteiger charge is 2.33. The molecule has 0 fully saturated rings. The number of benzene rings is 2. The van der Waals surface area contributed by atoms with Crippen molar-refractivity contribution in [3.05, 3.63) is 53.6 Å². The number of hydrogen-bond acceptors (Lipinski definition) is 4. The fraction of sp³-hybridized carbons (Fsp3) is 0.188. The van der Waals surface area contributed by atoms with Crippen molar-refractivity contribution in [2.45, 2.75) is 11.1 Å². The van der Waals surface area contributed by atoms with Crippen LogP contribution in [0.15, 0.2) is 47.4 Å². The van der Waals surface area contributed by atoms with Gasteiger partial charge in [0.2, 0.25) is 10.0 Å². The Bertz CT molecular complexity index is 927. The van der Waals surface area contributed by atoms with Crippen molar-refractivity contribution in [3.8, 4) is 5.75 Å². The summed E-state index contributed by atoms with van der Waals surface area (Å²) in [6.07, 6.45) is -4.65. The van der Waals surface area contributed by atoms with Crippen LogP contribution in [0, 0.1) is 0 Å². The average Bonchev–Trinajstić information content (AvgIpc) is 2.60. The van der Waals surface area contributed by atoms with E-state index in [1.54, 1.807) is 0 Å². The van der Waals surface area contributed by atoms with E-state index in [2.05, 4.69) is 10.0 Å². The number of methoxy groups -OCH3 is 1. The fourth-order valence-electron chi connectivity index (χ4n) is 2.17. The van der Waals surface area contributed by atoms with Crippen LogP contribution in [0.2, 0.25) is 0 Å². The molecule has 0 aliphatic heterocycles. The Hall–Kier alpha value is -2.59. The Kier molecular flexibility index (Phi) is 5.57. The number of carbonyl (C=O) groups is 1. The van der Waals surface area contributed by atoms with Crippen LogP contribution in [0.3, 0.4) is 0 Å². The topological polar surface area (TPSA) is 84.5 Å². The number of alkyl halides is 3. The smallest absolute Gasteiger partial charge is 0.418 e. The zero-order chi connectivity index (χ0) is 19.5. The molecule has 0 aliphatic carbocycles. The molecule has 0 saturated heterocycles. The van der Waals surface area contributed by atoms with Crippen molar-refractivity contribution in [3.63, 3.8) is 0 Å². The third kappa shape index (κ3) is 4.14. The van der Waals surface area contributed by atoms with Crippen molar-refractivity contribution in [2.24, 2.45) is 0 Å². The minimum absolute atomic E-state index is 0.00779. The van der Waals surface area contributed by atoms with Gasteiger partial charge in [-0.1, -0.05) is 12.1 Å². The standard InChI is InChI=1S/C16H15F3N2O4S/c1-20-26(23,24)14-9-10(7-8-13(14)25-2)15(22)21-12-6-4-3-5-11(12)16(17,18)19/h3-9,20H,1-2H3,(H,21,22). The number of sulfonamides is 1. The maximum absolute atomic E-state index is 13.0. The zero-order valence-corrected chi connectivity index (χ0v) is 14.5. The molecular weight excluding hydrogens is 373 g/mol. The van der Waals surface area contributed by atoms with Crippen LogP contribution < -0.4 is 14.8 Å². The molecule has 0 heterocycles. The van der Waals surface area contributed by atoms with Gasteiger partial charge in [-0.05, 0) is 37.4 Å². The first-order valence-corrected chi connectivity index (χ1v) is 8.67. The number of para-hydroxylation sites is 1. The number of ether oxygens (including phenoxy) is 1. The molecule has 140 valence electrons. The number of anilines is 1. The highest BCUT2D eigenvalue weighted by molar-refractivity contribution is 7.89. The van der Waals surface area contributed by atoms with E-state index in [-0.39, 0.29) is 16.2 Å². The van der Waals surface area contributed by atoms with Crippen molar-refractivity contribution < 1.29 is 31.1 Å². The Labute approximate surface area is 148 Å². The molecule has 0 aromatic heterocycles. The molecule has 10 heteroatoms. The lowest BCUT2D eigenvalue weighted by molar-refractivity contribution is -0.136. The first kappa shape index (κ1) is 19.7. The molecule has 0 saturated carbocycles. The second-order valence-electron chi connectivity index (χ2n) is 5.07. The minimum atomic E-state index is -4.65. The number of nitrogens with one attached hydrogen (secondary N) is 2. The predicted molar refractivity (Wildman–Crippen MR) is 88.6 cm³/mol. The first-order valence-electron chi connectivity index (χ1n) is 7.19. The lowest BCUT2D eigenvalue weighted by atomic mass is 10.1. The number of hydrogen-bond donors (Lipinski definition) is 2. The summed E-state index contributed by atoms with van der Waals surface area (Å²) in [4.78, 5) is 12.0. The van der Waals surface area contributed by atoms with Gasteiger partial charge in [-0.25, -0.2) is 13.1 Å². The maximum Gasteiger partial charge on any atom is 0.418 e. The second kappa shape index (κ2) is 7.34. The molecule has 0 bridgehead atoms. The van der Waals surface area contributed by atoms with Gasteiger partial charge < -0.3 is 10.1 Å². The molecule has 6 nitrogen and oxygen atoms in total. The molecule has 2 aromatic rings.